The molecule has 0 atom stereocenters. The van der Waals surface area contributed by atoms with Gasteiger partial charge in [0, 0.05) is 0 Å². The minimum absolute atomic E-state index is 0.376. The van der Waals surface area contributed by atoms with Crippen LogP contribution < -0.4 is 5.43 Å². The molecule has 0 saturated carbocycles. The van der Waals surface area contributed by atoms with Crippen LogP contribution in [-0.2, 0) is 9.59 Å². The molecule has 46 valence electrons. The summed E-state index contributed by atoms with van der Waals surface area (Å²) in [6.45, 7) is 0. The predicted molar refractivity (Wildman–Crippen MR) is 29.4 cm³/mol. The molecule has 5 heteroatoms. The Kier molecular flexibility index (Phi) is 1.11. The van der Waals surface area contributed by atoms with Gasteiger partial charge >= 0.3 is 5.91 Å². The van der Waals surface area contributed by atoms with Gasteiger partial charge in [0.15, 0.2) is 0 Å². The van der Waals surface area contributed by atoms with Gasteiger partial charge in [-0.25, -0.2) is 5.43 Å². The lowest BCUT2D eigenvalue weighted by molar-refractivity contribution is -0.134. The van der Waals surface area contributed by atoms with Gasteiger partial charge in [0.1, 0.15) is 5.71 Å². The van der Waals surface area contributed by atoms with E-state index in [0.29, 0.717) is 0 Å². The minimum Gasteiger partial charge on any atom is -0.295 e. The van der Waals surface area contributed by atoms with E-state index >= 15 is 0 Å². The molecule has 5 nitrogen and oxygen atoms in total. The van der Waals surface area contributed by atoms with E-state index in [0.717, 1.165) is 6.21 Å². The van der Waals surface area contributed by atoms with E-state index in [1.807, 2.05) is 5.43 Å². The lowest BCUT2D eigenvalue weighted by atomic mass is 10.2. The zero-order chi connectivity index (χ0) is 6.85. The predicted octanol–water partition coefficient (Wildman–Crippen LogP) is -1.31. The zero-order valence-electron chi connectivity index (χ0n) is 4.34. The molecule has 1 aliphatic rings. The summed E-state index contributed by atoms with van der Waals surface area (Å²) in [7, 11) is 0. The fourth-order valence-corrected chi connectivity index (χ4v) is 0.387. The van der Waals surface area contributed by atoms with Crippen molar-refractivity contribution in [2.45, 2.75) is 0 Å². The van der Waals surface area contributed by atoms with Crippen molar-refractivity contribution in [2.75, 3.05) is 0 Å². The van der Waals surface area contributed by atoms with Crippen LogP contribution in [-0.4, -0.2) is 23.6 Å². The zero-order valence-corrected chi connectivity index (χ0v) is 4.34. The van der Waals surface area contributed by atoms with Crippen LogP contribution in [0.3, 0.4) is 0 Å². The second-order valence-electron chi connectivity index (χ2n) is 1.44. The monoisotopic (exact) mass is 125 g/mol. The molecular weight excluding hydrogens is 122 g/mol. The molecule has 0 radical (unpaired) electrons. The molecule has 0 aromatic carbocycles. The molecule has 0 aromatic rings. The maximum absolute atomic E-state index is 10.4. The number of rotatable bonds is 0. The first-order valence-electron chi connectivity index (χ1n) is 2.18. The third-order valence-electron chi connectivity index (χ3n) is 0.811. The first kappa shape index (κ1) is 5.61. The Morgan fingerprint density at radius 2 is 2.22 bits per heavy atom. The molecule has 0 unspecified atom stereocenters. The molecule has 1 heterocycles. The summed E-state index contributed by atoms with van der Waals surface area (Å²) in [6, 6.07) is 0. The number of nitrogens with one attached hydrogen (secondary N) is 2. The molecular formula is C4H3N3O2. The number of Topliss-reactive ketones (excluding diaryl/α,β-unsaturated/α-hetero) is 1. The number of ketones is 1. The van der Waals surface area contributed by atoms with E-state index in [-0.39, 0.29) is 5.71 Å². The molecule has 0 aromatic heterocycles. The van der Waals surface area contributed by atoms with E-state index in [2.05, 4.69) is 5.10 Å². The minimum atomic E-state index is -0.845. The normalized spacial score (nSPS) is 18.0. The fraction of sp³-hybridized carbons (Fsp3) is 0. The number of amides is 1. The number of carbonyl (C=O) groups excluding carboxylic acids is 2. The highest BCUT2D eigenvalue weighted by molar-refractivity contribution is 6.76. The van der Waals surface area contributed by atoms with Gasteiger partial charge in [-0.1, -0.05) is 0 Å². The van der Waals surface area contributed by atoms with Gasteiger partial charge in [0.25, 0.3) is 5.78 Å². The highest BCUT2D eigenvalue weighted by Crippen LogP contribution is 1.81. The summed E-state index contributed by atoms with van der Waals surface area (Å²) < 4.78 is 0. The SMILES string of the molecule is N=C1C=NNC(=O)C1=O. The molecule has 0 fully saturated rings. The summed E-state index contributed by atoms with van der Waals surface area (Å²) in [4.78, 5) is 20.7. The lowest BCUT2D eigenvalue weighted by Crippen LogP contribution is -2.37. The Hall–Kier alpha value is -1.52. The molecule has 1 rings (SSSR count). The van der Waals surface area contributed by atoms with Gasteiger partial charge in [0.2, 0.25) is 0 Å². The molecule has 0 bridgehead atoms. The van der Waals surface area contributed by atoms with Crippen molar-refractivity contribution in [3.05, 3.63) is 0 Å². The summed E-state index contributed by atoms with van der Waals surface area (Å²) in [5.74, 6) is -1.69. The second kappa shape index (κ2) is 1.77. The highest BCUT2D eigenvalue weighted by Gasteiger charge is 2.20. The lowest BCUT2D eigenvalue weighted by Gasteiger charge is -2.00. The molecule has 1 aliphatic heterocycles. The first-order chi connectivity index (χ1) is 4.22. The van der Waals surface area contributed by atoms with Crippen molar-refractivity contribution in [1.82, 2.24) is 5.43 Å². The van der Waals surface area contributed by atoms with E-state index in [9.17, 15) is 9.59 Å². The van der Waals surface area contributed by atoms with E-state index in [1.54, 1.807) is 0 Å². The number of hydrogen-bond donors (Lipinski definition) is 2. The van der Waals surface area contributed by atoms with Gasteiger partial charge in [-0.2, -0.15) is 5.10 Å². The Balaban J connectivity index is 2.94. The standard InChI is InChI=1S/C4H3N3O2/c5-2-1-6-7-4(9)3(2)8/h1,5H,(H,7,9). The van der Waals surface area contributed by atoms with Crippen LogP contribution in [0.5, 0.6) is 0 Å². The summed E-state index contributed by atoms with van der Waals surface area (Å²) >= 11 is 0. The van der Waals surface area contributed by atoms with Crippen molar-refractivity contribution < 1.29 is 9.59 Å². The molecule has 0 saturated heterocycles. The van der Waals surface area contributed by atoms with Crippen LogP contribution in [0.15, 0.2) is 5.10 Å². The van der Waals surface area contributed by atoms with Gasteiger partial charge < -0.3 is 0 Å². The topological polar surface area (TPSA) is 82.4 Å². The van der Waals surface area contributed by atoms with Gasteiger partial charge in [-0.15, -0.1) is 0 Å². The van der Waals surface area contributed by atoms with Crippen LogP contribution in [0.4, 0.5) is 0 Å². The van der Waals surface area contributed by atoms with E-state index in [1.165, 1.54) is 0 Å². The number of nitrogens with zero attached hydrogens (tertiary/aromatic N) is 1. The average Bonchev–Trinajstić information content (AvgIpc) is 1.83. The molecule has 9 heavy (non-hydrogen) atoms. The van der Waals surface area contributed by atoms with Crippen molar-refractivity contribution in [3.63, 3.8) is 0 Å². The van der Waals surface area contributed by atoms with Crippen molar-refractivity contribution in [3.8, 4) is 0 Å². The van der Waals surface area contributed by atoms with Gasteiger partial charge in [-0.3, -0.25) is 15.0 Å². The molecule has 0 spiro atoms. The average molecular weight is 125 g/mol. The fourth-order valence-electron chi connectivity index (χ4n) is 0.387. The van der Waals surface area contributed by atoms with E-state index in [4.69, 9.17) is 5.41 Å². The van der Waals surface area contributed by atoms with Crippen molar-refractivity contribution in [1.29, 1.82) is 5.41 Å². The third-order valence-corrected chi connectivity index (χ3v) is 0.811. The van der Waals surface area contributed by atoms with Gasteiger partial charge in [-0.05, 0) is 0 Å². The van der Waals surface area contributed by atoms with Crippen LogP contribution in [0.1, 0.15) is 0 Å². The van der Waals surface area contributed by atoms with Crippen LogP contribution in [0.25, 0.3) is 0 Å². The Labute approximate surface area is 50.3 Å². The summed E-state index contributed by atoms with van der Waals surface area (Å²) in [5, 5.41) is 9.98. The number of carbonyl (C=O) groups is 2. The maximum Gasteiger partial charge on any atom is 0.314 e. The molecule has 2 N–H and O–H groups in total. The van der Waals surface area contributed by atoms with Crippen LogP contribution in [0, 0.1) is 5.41 Å². The number of hydrazone groups is 1. The largest absolute Gasteiger partial charge is 0.314 e. The van der Waals surface area contributed by atoms with Crippen LogP contribution >= 0.6 is 0 Å². The Bertz CT molecular complexity index is 218. The van der Waals surface area contributed by atoms with Crippen molar-refractivity contribution >= 4 is 23.6 Å². The molecule has 0 aliphatic carbocycles. The highest BCUT2D eigenvalue weighted by atomic mass is 16.2. The summed E-state index contributed by atoms with van der Waals surface area (Å²) in [5.41, 5.74) is 1.53. The Morgan fingerprint density at radius 3 is 2.67 bits per heavy atom. The Morgan fingerprint density at radius 1 is 1.56 bits per heavy atom. The summed E-state index contributed by atoms with van der Waals surface area (Å²) in [6.07, 6.45) is 0.990. The van der Waals surface area contributed by atoms with Gasteiger partial charge in [0.05, 0.1) is 6.21 Å². The number of hydrogen-bond acceptors (Lipinski definition) is 4. The first-order valence-corrected chi connectivity index (χ1v) is 2.18. The maximum atomic E-state index is 10.4. The van der Waals surface area contributed by atoms with Crippen LogP contribution in [0.2, 0.25) is 0 Å². The smallest absolute Gasteiger partial charge is 0.295 e. The van der Waals surface area contributed by atoms with E-state index < -0.39 is 11.7 Å². The second-order valence-corrected chi connectivity index (χ2v) is 1.44. The third kappa shape index (κ3) is 0.835. The van der Waals surface area contributed by atoms with Crippen molar-refractivity contribution in [2.24, 2.45) is 5.10 Å². The molecule has 1 amide bonds. The quantitative estimate of drug-likeness (QED) is 0.394.